The molecule has 0 amide bonds. The fraction of sp³-hybridized carbons (Fsp3) is 0.579. The van der Waals surface area contributed by atoms with E-state index in [0.717, 1.165) is 19.6 Å². The summed E-state index contributed by atoms with van der Waals surface area (Å²) in [5, 5.41) is 3.54. The molecule has 3 heterocycles. The first-order valence-corrected chi connectivity index (χ1v) is 11.8. The predicted octanol–water partition coefficient (Wildman–Crippen LogP) is 2.37. The first kappa shape index (κ1) is 19.3. The van der Waals surface area contributed by atoms with Crippen molar-refractivity contribution >= 4 is 31.6 Å². The molecule has 0 aliphatic carbocycles. The molecule has 0 saturated carbocycles. The van der Waals surface area contributed by atoms with Crippen LogP contribution in [0.3, 0.4) is 0 Å². The minimum atomic E-state index is -3.41. The number of ether oxygens (including phenoxy) is 1. The molecule has 0 spiro atoms. The third-order valence-electron chi connectivity index (χ3n) is 5.33. The van der Waals surface area contributed by atoms with Crippen LogP contribution in [-0.4, -0.2) is 73.4 Å². The van der Waals surface area contributed by atoms with Gasteiger partial charge in [-0.3, -0.25) is 4.90 Å². The molecule has 6 nitrogen and oxygen atoms in total. The van der Waals surface area contributed by atoms with Gasteiger partial charge in [0.15, 0.2) is 0 Å². The largest absolute Gasteiger partial charge is 0.373 e. The van der Waals surface area contributed by atoms with Crippen molar-refractivity contribution in [2.24, 2.45) is 0 Å². The van der Waals surface area contributed by atoms with E-state index in [-0.39, 0.29) is 12.2 Å². The lowest BCUT2D eigenvalue weighted by Crippen LogP contribution is -2.56. The lowest BCUT2D eigenvalue weighted by molar-refractivity contribution is -0.0457. The summed E-state index contributed by atoms with van der Waals surface area (Å²) < 4.78 is 36.2. The molecule has 0 N–H and O–H groups in total. The van der Waals surface area contributed by atoms with Gasteiger partial charge in [0, 0.05) is 50.5 Å². The van der Waals surface area contributed by atoms with Crippen molar-refractivity contribution < 1.29 is 13.2 Å². The van der Waals surface area contributed by atoms with E-state index >= 15 is 0 Å². The number of hydrogen-bond acceptors (Lipinski definition) is 5. The van der Waals surface area contributed by atoms with Gasteiger partial charge in [0.1, 0.15) is 0 Å². The number of nitrogens with zero attached hydrogens (tertiary/aromatic N) is 3. The van der Waals surface area contributed by atoms with Gasteiger partial charge in [0.25, 0.3) is 10.2 Å². The number of benzene rings is 1. The molecule has 4 rings (SSSR count). The van der Waals surface area contributed by atoms with Crippen LogP contribution in [0.1, 0.15) is 19.4 Å². The summed E-state index contributed by atoms with van der Waals surface area (Å²) in [6, 6.07) is 8.47. The van der Waals surface area contributed by atoms with E-state index in [9.17, 15) is 8.42 Å². The molecule has 2 aromatic rings. The lowest BCUT2D eigenvalue weighted by atomic mass is 10.1. The normalized spacial score (nSPS) is 26.6. The Balaban J connectivity index is 1.38. The van der Waals surface area contributed by atoms with Crippen LogP contribution in [0, 0.1) is 0 Å². The molecule has 27 heavy (non-hydrogen) atoms. The fourth-order valence-corrected chi connectivity index (χ4v) is 6.70. The highest BCUT2D eigenvalue weighted by molar-refractivity contribution is 7.86. The average molecular weight is 410 g/mol. The van der Waals surface area contributed by atoms with E-state index in [2.05, 4.69) is 34.5 Å². The van der Waals surface area contributed by atoms with E-state index < -0.39 is 10.2 Å². The van der Waals surface area contributed by atoms with Gasteiger partial charge in [-0.15, -0.1) is 11.3 Å². The van der Waals surface area contributed by atoms with Gasteiger partial charge in [0.2, 0.25) is 0 Å². The number of piperazine rings is 1. The first-order chi connectivity index (χ1) is 12.9. The van der Waals surface area contributed by atoms with Crippen LogP contribution in [0.4, 0.5) is 0 Å². The SMILES string of the molecule is C[C@@H]1CN(S(=O)(=O)N2CCN(Cc3csc4ccccc34)CC2)C[C@H](C)O1. The standard InChI is InChI=1S/C19H27N3O3S2/c1-15-11-22(12-16(2)25-15)27(23,24)21-9-7-20(8-10-21)13-17-14-26-19-6-4-3-5-18(17)19/h3-6,14-16H,7-13H2,1-2H3/t15-,16+. The lowest BCUT2D eigenvalue weighted by Gasteiger charge is -2.40. The summed E-state index contributed by atoms with van der Waals surface area (Å²) in [5.74, 6) is 0. The molecule has 8 heteroatoms. The van der Waals surface area contributed by atoms with Crippen LogP contribution >= 0.6 is 11.3 Å². The maximum atomic E-state index is 13.0. The topological polar surface area (TPSA) is 53.1 Å². The quantitative estimate of drug-likeness (QED) is 0.778. The van der Waals surface area contributed by atoms with Crippen molar-refractivity contribution in [1.29, 1.82) is 0 Å². The average Bonchev–Trinajstić information content (AvgIpc) is 3.04. The van der Waals surface area contributed by atoms with Crippen molar-refractivity contribution in [1.82, 2.24) is 13.5 Å². The fourth-order valence-electron chi connectivity index (χ4n) is 4.00. The molecule has 0 unspecified atom stereocenters. The summed E-state index contributed by atoms with van der Waals surface area (Å²) in [6.07, 6.45) is -0.117. The van der Waals surface area contributed by atoms with Crippen molar-refractivity contribution in [3.63, 3.8) is 0 Å². The van der Waals surface area contributed by atoms with Crippen LogP contribution in [-0.2, 0) is 21.5 Å². The van der Waals surface area contributed by atoms with Crippen LogP contribution in [0.2, 0.25) is 0 Å². The summed E-state index contributed by atoms with van der Waals surface area (Å²) >= 11 is 1.77. The highest BCUT2D eigenvalue weighted by Gasteiger charge is 2.36. The molecular formula is C19H27N3O3S2. The van der Waals surface area contributed by atoms with Crippen molar-refractivity contribution in [3.8, 4) is 0 Å². The Morgan fingerprint density at radius 2 is 1.70 bits per heavy atom. The first-order valence-electron chi connectivity index (χ1n) is 9.51. The molecule has 1 aromatic heterocycles. The molecule has 2 aliphatic rings. The maximum absolute atomic E-state index is 13.0. The van der Waals surface area contributed by atoms with Crippen LogP contribution < -0.4 is 0 Å². The number of thiophene rings is 1. The van der Waals surface area contributed by atoms with E-state index in [4.69, 9.17) is 4.74 Å². The Bertz CT molecular complexity index is 880. The number of hydrogen-bond donors (Lipinski definition) is 0. The van der Waals surface area contributed by atoms with Gasteiger partial charge in [-0.1, -0.05) is 18.2 Å². The van der Waals surface area contributed by atoms with E-state index in [0.29, 0.717) is 26.2 Å². The zero-order valence-corrected chi connectivity index (χ0v) is 17.5. The molecule has 2 saturated heterocycles. The van der Waals surface area contributed by atoms with Gasteiger partial charge >= 0.3 is 0 Å². The van der Waals surface area contributed by atoms with Crippen molar-refractivity contribution in [2.75, 3.05) is 39.3 Å². The highest BCUT2D eigenvalue weighted by Crippen LogP contribution is 2.27. The van der Waals surface area contributed by atoms with Crippen LogP contribution in [0.25, 0.3) is 10.1 Å². The van der Waals surface area contributed by atoms with Gasteiger partial charge in [-0.25, -0.2) is 0 Å². The molecule has 2 fully saturated rings. The molecular weight excluding hydrogens is 382 g/mol. The Labute approximate surface area is 165 Å². The molecule has 148 valence electrons. The molecule has 0 radical (unpaired) electrons. The summed E-state index contributed by atoms with van der Waals surface area (Å²) in [4.78, 5) is 2.35. The highest BCUT2D eigenvalue weighted by atomic mass is 32.2. The van der Waals surface area contributed by atoms with Gasteiger partial charge in [-0.2, -0.15) is 17.0 Å². The molecule has 2 aliphatic heterocycles. The Hall–Kier alpha value is -1.03. The van der Waals surface area contributed by atoms with E-state index in [1.54, 1.807) is 19.9 Å². The predicted molar refractivity (Wildman–Crippen MR) is 109 cm³/mol. The van der Waals surface area contributed by atoms with Crippen molar-refractivity contribution in [3.05, 3.63) is 35.2 Å². The second-order valence-electron chi connectivity index (χ2n) is 7.51. The van der Waals surface area contributed by atoms with Crippen LogP contribution in [0.5, 0.6) is 0 Å². The number of rotatable bonds is 4. The summed E-state index contributed by atoms with van der Waals surface area (Å²) in [7, 11) is -3.41. The zero-order valence-electron chi connectivity index (χ0n) is 15.9. The zero-order chi connectivity index (χ0) is 19.0. The minimum absolute atomic E-state index is 0.0586. The van der Waals surface area contributed by atoms with Gasteiger partial charge in [-0.05, 0) is 36.2 Å². The number of morpholine rings is 1. The smallest absolute Gasteiger partial charge is 0.282 e. The Morgan fingerprint density at radius 1 is 1.04 bits per heavy atom. The summed E-state index contributed by atoms with van der Waals surface area (Å²) in [6.45, 7) is 8.24. The second kappa shape index (κ2) is 7.77. The minimum Gasteiger partial charge on any atom is -0.373 e. The third kappa shape index (κ3) is 4.06. The van der Waals surface area contributed by atoms with Gasteiger partial charge in [0.05, 0.1) is 12.2 Å². The van der Waals surface area contributed by atoms with E-state index in [1.165, 1.54) is 15.6 Å². The monoisotopic (exact) mass is 409 g/mol. The third-order valence-corrected chi connectivity index (χ3v) is 8.31. The second-order valence-corrected chi connectivity index (χ2v) is 10.4. The number of fused-ring (bicyclic) bond motifs is 1. The molecule has 2 atom stereocenters. The van der Waals surface area contributed by atoms with Gasteiger partial charge < -0.3 is 4.74 Å². The van der Waals surface area contributed by atoms with E-state index in [1.807, 2.05) is 13.8 Å². The summed E-state index contributed by atoms with van der Waals surface area (Å²) in [5.41, 5.74) is 1.34. The Kier molecular flexibility index (Phi) is 5.55. The molecule has 1 aromatic carbocycles. The maximum Gasteiger partial charge on any atom is 0.282 e. The molecule has 0 bridgehead atoms. The van der Waals surface area contributed by atoms with Crippen molar-refractivity contribution in [2.45, 2.75) is 32.6 Å². The van der Waals surface area contributed by atoms with Crippen LogP contribution in [0.15, 0.2) is 29.6 Å². The Morgan fingerprint density at radius 3 is 2.41 bits per heavy atom.